The minimum atomic E-state index is -0.495. The molecule has 2 fully saturated rings. The van der Waals surface area contributed by atoms with Crippen LogP contribution in [0.5, 0.6) is 0 Å². The Hall–Kier alpha value is -2.94. The van der Waals surface area contributed by atoms with Crippen LogP contribution in [0.1, 0.15) is 53.8 Å². The van der Waals surface area contributed by atoms with E-state index in [1.807, 2.05) is 4.57 Å². The van der Waals surface area contributed by atoms with Crippen molar-refractivity contribution in [2.24, 2.45) is 12.8 Å². The molecule has 1 saturated carbocycles. The lowest BCUT2D eigenvalue weighted by Crippen LogP contribution is -2.39. The molecule has 0 unspecified atom stereocenters. The van der Waals surface area contributed by atoms with Gasteiger partial charge in [-0.15, -0.1) is 0 Å². The van der Waals surface area contributed by atoms with E-state index >= 15 is 0 Å². The highest BCUT2D eigenvalue weighted by Gasteiger charge is 2.33. The van der Waals surface area contributed by atoms with E-state index in [0.717, 1.165) is 44.6 Å². The molecule has 1 aliphatic heterocycles. The van der Waals surface area contributed by atoms with Crippen molar-refractivity contribution in [3.05, 3.63) is 46.1 Å². The summed E-state index contributed by atoms with van der Waals surface area (Å²) in [5.41, 5.74) is 6.24. The van der Waals surface area contributed by atoms with Gasteiger partial charge in [0.15, 0.2) is 0 Å². The summed E-state index contributed by atoms with van der Waals surface area (Å²) in [6.45, 7) is 1.88. The molecule has 154 valence electrons. The third-order valence-corrected chi connectivity index (χ3v) is 5.67. The van der Waals surface area contributed by atoms with Crippen LogP contribution in [-0.4, -0.2) is 50.7 Å². The summed E-state index contributed by atoms with van der Waals surface area (Å²) >= 11 is 0. The number of amides is 2. The van der Waals surface area contributed by atoms with Gasteiger partial charge in [-0.05, 0) is 63.0 Å². The summed E-state index contributed by atoms with van der Waals surface area (Å²) < 4.78 is 3.32. The molecule has 1 aromatic heterocycles. The molecule has 2 aromatic rings. The average molecular weight is 398 g/mol. The van der Waals surface area contributed by atoms with E-state index in [1.54, 1.807) is 31.3 Å². The van der Waals surface area contributed by atoms with E-state index < -0.39 is 5.91 Å². The maximum atomic E-state index is 12.3. The van der Waals surface area contributed by atoms with Crippen molar-refractivity contribution in [3.63, 3.8) is 0 Å². The van der Waals surface area contributed by atoms with E-state index in [1.165, 1.54) is 4.68 Å². The molecule has 3 N–H and O–H groups in total. The molecule has 2 heterocycles. The van der Waals surface area contributed by atoms with Gasteiger partial charge in [0.1, 0.15) is 5.82 Å². The number of anilines is 1. The molecule has 4 rings (SSSR count). The van der Waals surface area contributed by atoms with Gasteiger partial charge in [0.25, 0.3) is 0 Å². The molecule has 29 heavy (non-hydrogen) atoms. The zero-order valence-electron chi connectivity index (χ0n) is 16.5. The van der Waals surface area contributed by atoms with Crippen LogP contribution in [0.4, 0.5) is 5.69 Å². The largest absolute Gasteiger partial charge is 0.366 e. The molecule has 0 spiro atoms. The molecule has 1 aliphatic carbocycles. The smallest absolute Gasteiger partial charge is 0.345 e. The number of primary amides is 1. The Morgan fingerprint density at radius 3 is 2.38 bits per heavy atom. The van der Waals surface area contributed by atoms with Gasteiger partial charge in [0.2, 0.25) is 11.8 Å². The van der Waals surface area contributed by atoms with E-state index in [2.05, 4.69) is 15.3 Å². The summed E-state index contributed by atoms with van der Waals surface area (Å²) in [7, 11) is 1.71. The van der Waals surface area contributed by atoms with Crippen molar-refractivity contribution >= 4 is 17.5 Å². The van der Waals surface area contributed by atoms with Crippen LogP contribution in [0.2, 0.25) is 0 Å². The number of benzene rings is 1. The van der Waals surface area contributed by atoms with Gasteiger partial charge in [-0.2, -0.15) is 5.10 Å². The van der Waals surface area contributed by atoms with Crippen molar-refractivity contribution in [1.29, 1.82) is 0 Å². The average Bonchev–Trinajstić information content (AvgIpc) is 3.48. The van der Waals surface area contributed by atoms with Crippen molar-refractivity contribution < 1.29 is 9.59 Å². The van der Waals surface area contributed by atoms with Gasteiger partial charge < -0.3 is 11.1 Å². The number of carbonyl (C=O) groups is 2. The van der Waals surface area contributed by atoms with E-state index in [9.17, 15) is 14.4 Å². The Bertz CT molecular complexity index is 965. The van der Waals surface area contributed by atoms with Gasteiger partial charge in [-0.25, -0.2) is 9.48 Å². The van der Waals surface area contributed by atoms with Gasteiger partial charge >= 0.3 is 5.69 Å². The molecular formula is C20H26N6O3. The molecule has 2 aliphatic rings. The first-order chi connectivity index (χ1) is 13.9. The molecule has 1 saturated heterocycles. The number of likely N-dealkylation sites (tertiary alicyclic amines) is 1. The fourth-order valence-corrected chi connectivity index (χ4v) is 3.92. The number of aromatic nitrogens is 3. The number of rotatable bonds is 6. The summed E-state index contributed by atoms with van der Waals surface area (Å²) in [6.07, 6.45) is 3.86. The molecular weight excluding hydrogens is 372 g/mol. The summed E-state index contributed by atoms with van der Waals surface area (Å²) in [5, 5.41) is 7.34. The Morgan fingerprint density at radius 2 is 1.79 bits per heavy atom. The van der Waals surface area contributed by atoms with Gasteiger partial charge in [0, 0.05) is 30.3 Å². The van der Waals surface area contributed by atoms with Crippen LogP contribution in [0.15, 0.2) is 29.1 Å². The lowest BCUT2D eigenvalue weighted by molar-refractivity contribution is -0.117. The number of carbonyl (C=O) groups excluding carboxylic acids is 2. The van der Waals surface area contributed by atoms with Gasteiger partial charge in [-0.3, -0.25) is 19.1 Å². The fourth-order valence-electron chi connectivity index (χ4n) is 3.92. The van der Waals surface area contributed by atoms with Crippen LogP contribution in [0.25, 0.3) is 0 Å². The standard InChI is InChI=1S/C20H26N6O3/c1-24-20(29)26(16-6-7-16)19(23-24)14-8-10-25(11-9-14)12-17(27)22-15-4-2-13(3-5-15)18(21)28/h2-5,14,16H,6-12H2,1H3,(H2,21,28)(H,22,27). The number of nitrogens with one attached hydrogen (secondary N) is 1. The first kappa shape index (κ1) is 19.4. The molecule has 1 aromatic carbocycles. The van der Waals surface area contributed by atoms with Gasteiger partial charge in [-0.1, -0.05) is 0 Å². The number of piperidine rings is 1. The predicted molar refractivity (Wildman–Crippen MR) is 108 cm³/mol. The third kappa shape index (κ3) is 4.24. The van der Waals surface area contributed by atoms with Crippen LogP contribution < -0.4 is 16.7 Å². The monoisotopic (exact) mass is 398 g/mol. The summed E-state index contributed by atoms with van der Waals surface area (Å²) in [5.74, 6) is 0.567. The molecule has 9 nitrogen and oxygen atoms in total. The predicted octanol–water partition coefficient (Wildman–Crippen LogP) is 0.834. The highest BCUT2D eigenvalue weighted by Crippen LogP contribution is 2.37. The maximum absolute atomic E-state index is 12.3. The minimum Gasteiger partial charge on any atom is -0.366 e. The van der Waals surface area contributed by atoms with E-state index in [0.29, 0.717) is 23.8 Å². The fraction of sp³-hybridized carbons (Fsp3) is 0.500. The van der Waals surface area contributed by atoms with E-state index in [4.69, 9.17) is 5.73 Å². The lowest BCUT2D eigenvalue weighted by atomic mass is 9.96. The molecule has 2 amide bonds. The molecule has 9 heteroatoms. The second-order valence-corrected chi connectivity index (χ2v) is 7.91. The molecule has 0 radical (unpaired) electrons. The number of nitrogens with zero attached hydrogens (tertiary/aromatic N) is 4. The van der Waals surface area contributed by atoms with Crippen LogP contribution in [0.3, 0.4) is 0 Å². The third-order valence-electron chi connectivity index (χ3n) is 5.67. The second kappa shape index (κ2) is 7.82. The topological polar surface area (TPSA) is 115 Å². The van der Waals surface area contributed by atoms with Crippen molar-refractivity contribution in [3.8, 4) is 0 Å². The van der Waals surface area contributed by atoms with E-state index in [-0.39, 0.29) is 17.5 Å². The lowest BCUT2D eigenvalue weighted by Gasteiger charge is -2.31. The van der Waals surface area contributed by atoms with Crippen molar-refractivity contribution in [2.75, 3.05) is 25.0 Å². The second-order valence-electron chi connectivity index (χ2n) is 7.91. The summed E-state index contributed by atoms with van der Waals surface area (Å²) in [6, 6.07) is 6.84. The minimum absolute atomic E-state index is 0.0216. The first-order valence-corrected chi connectivity index (χ1v) is 10.00. The Morgan fingerprint density at radius 1 is 1.14 bits per heavy atom. The zero-order chi connectivity index (χ0) is 20.5. The maximum Gasteiger partial charge on any atom is 0.345 e. The van der Waals surface area contributed by atoms with Crippen molar-refractivity contribution in [2.45, 2.75) is 37.6 Å². The molecule has 0 atom stereocenters. The first-order valence-electron chi connectivity index (χ1n) is 10.00. The van der Waals surface area contributed by atoms with Crippen molar-refractivity contribution in [1.82, 2.24) is 19.2 Å². The van der Waals surface area contributed by atoms with Crippen LogP contribution >= 0.6 is 0 Å². The number of aryl methyl sites for hydroxylation is 1. The molecule has 0 bridgehead atoms. The Kier molecular flexibility index (Phi) is 5.23. The van der Waals surface area contributed by atoms with Crippen LogP contribution in [-0.2, 0) is 11.8 Å². The normalized spacial score (nSPS) is 18.0. The Balaban J connectivity index is 1.31. The quantitative estimate of drug-likeness (QED) is 0.748. The number of hydrogen-bond acceptors (Lipinski definition) is 5. The number of hydrogen-bond donors (Lipinski definition) is 2. The van der Waals surface area contributed by atoms with Crippen LogP contribution in [0, 0.1) is 0 Å². The number of nitrogens with two attached hydrogens (primary N) is 1. The zero-order valence-corrected chi connectivity index (χ0v) is 16.5. The SMILES string of the molecule is Cn1nc(C2CCN(CC(=O)Nc3ccc(C(N)=O)cc3)CC2)n(C2CC2)c1=O. The van der Waals surface area contributed by atoms with Gasteiger partial charge in [0.05, 0.1) is 6.54 Å². The highest BCUT2D eigenvalue weighted by molar-refractivity contribution is 5.95. The highest BCUT2D eigenvalue weighted by atomic mass is 16.2. The Labute approximate surface area is 168 Å². The summed E-state index contributed by atoms with van der Waals surface area (Å²) in [4.78, 5) is 37.9.